The highest BCUT2D eigenvalue weighted by Gasteiger charge is 2.15. The van der Waals surface area contributed by atoms with Crippen molar-refractivity contribution in [2.45, 2.75) is 6.42 Å². The highest BCUT2D eigenvalue weighted by Crippen LogP contribution is 2.38. The minimum Gasteiger partial charge on any atom is -0.492 e. The summed E-state index contributed by atoms with van der Waals surface area (Å²) in [5, 5.41) is 3.18. The largest absolute Gasteiger partial charge is 0.492 e. The van der Waals surface area contributed by atoms with E-state index in [9.17, 15) is 9.59 Å². The summed E-state index contributed by atoms with van der Waals surface area (Å²) in [6, 6.07) is 8.82. The summed E-state index contributed by atoms with van der Waals surface area (Å²) in [4.78, 5) is 26.1. The molecule has 0 saturated carbocycles. The van der Waals surface area contributed by atoms with Crippen molar-refractivity contribution in [1.82, 2.24) is 10.3 Å². The lowest BCUT2D eigenvalue weighted by molar-refractivity contribution is -0.117. The SMILES string of the molecule is NC(=O)Cc1cccc(OCCNC(=O)c2cc3sc(Cl)c(Cl)c3[nH]2)c1. The predicted octanol–water partition coefficient (Wildman–Crippen LogP) is 3.37. The van der Waals surface area contributed by atoms with Crippen molar-refractivity contribution in [2.24, 2.45) is 5.73 Å². The highest BCUT2D eigenvalue weighted by atomic mass is 35.5. The van der Waals surface area contributed by atoms with Crippen molar-refractivity contribution in [1.29, 1.82) is 0 Å². The first-order valence-electron chi connectivity index (χ1n) is 7.69. The standard InChI is InChI=1S/C17H15Cl2N3O3S/c18-14-15-12(26-16(14)19)8-11(22-15)17(24)21-4-5-25-10-3-1-2-9(6-10)7-13(20)23/h1-3,6,8,22H,4-5,7H2,(H2,20,23)(H,21,24). The van der Waals surface area contributed by atoms with Gasteiger partial charge in [0.05, 0.1) is 28.2 Å². The minimum atomic E-state index is -0.401. The van der Waals surface area contributed by atoms with Crippen LogP contribution in [0.4, 0.5) is 0 Å². The summed E-state index contributed by atoms with van der Waals surface area (Å²) < 4.78 is 6.90. The number of nitrogens with two attached hydrogens (primary N) is 1. The number of halogens is 2. The van der Waals surface area contributed by atoms with E-state index in [-0.39, 0.29) is 18.9 Å². The molecule has 0 radical (unpaired) electrons. The number of carbonyl (C=O) groups is 2. The molecular weight excluding hydrogens is 397 g/mol. The molecule has 136 valence electrons. The number of hydrogen-bond donors (Lipinski definition) is 3. The number of benzene rings is 1. The maximum absolute atomic E-state index is 12.2. The van der Waals surface area contributed by atoms with Crippen LogP contribution < -0.4 is 15.8 Å². The molecular formula is C17H15Cl2N3O3S. The van der Waals surface area contributed by atoms with Gasteiger partial charge in [0.15, 0.2) is 0 Å². The van der Waals surface area contributed by atoms with Crippen molar-refractivity contribution >= 4 is 56.6 Å². The van der Waals surface area contributed by atoms with E-state index in [4.69, 9.17) is 33.7 Å². The van der Waals surface area contributed by atoms with Crippen LogP contribution in [0.1, 0.15) is 16.1 Å². The molecule has 6 nitrogen and oxygen atoms in total. The predicted molar refractivity (Wildman–Crippen MR) is 103 cm³/mol. The van der Waals surface area contributed by atoms with Gasteiger partial charge in [0.2, 0.25) is 5.91 Å². The Balaban J connectivity index is 1.51. The Morgan fingerprint density at radius 2 is 2.08 bits per heavy atom. The average Bonchev–Trinajstić information content (AvgIpc) is 3.11. The Morgan fingerprint density at radius 3 is 2.81 bits per heavy atom. The molecule has 0 unspecified atom stereocenters. The number of fused-ring (bicyclic) bond motifs is 1. The van der Waals surface area contributed by atoms with Gasteiger partial charge in [0.1, 0.15) is 22.4 Å². The maximum atomic E-state index is 12.2. The van der Waals surface area contributed by atoms with E-state index in [0.29, 0.717) is 32.9 Å². The van der Waals surface area contributed by atoms with Crippen LogP contribution in [0.2, 0.25) is 9.36 Å². The van der Waals surface area contributed by atoms with Crippen molar-refractivity contribution in [2.75, 3.05) is 13.2 Å². The highest BCUT2D eigenvalue weighted by molar-refractivity contribution is 7.23. The number of rotatable bonds is 7. The van der Waals surface area contributed by atoms with Gasteiger partial charge in [-0.2, -0.15) is 0 Å². The van der Waals surface area contributed by atoms with E-state index < -0.39 is 5.91 Å². The first-order chi connectivity index (χ1) is 12.4. The van der Waals surface area contributed by atoms with Crippen LogP contribution in [0.5, 0.6) is 5.75 Å². The molecule has 2 amide bonds. The fraction of sp³-hybridized carbons (Fsp3) is 0.176. The quantitative estimate of drug-likeness (QED) is 0.519. The molecule has 2 aromatic heterocycles. The smallest absolute Gasteiger partial charge is 0.267 e. The lowest BCUT2D eigenvalue weighted by Gasteiger charge is -2.08. The van der Waals surface area contributed by atoms with Crippen LogP contribution in [-0.4, -0.2) is 29.9 Å². The van der Waals surface area contributed by atoms with E-state index in [1.807, 2.05) is 0 Å². The number of nitrogens with one attached hydrogen (secondary N) is 2. The molecule has 0 fully saturated rings. The Kier molecular flexibility index (Phi) is 5.70. The van der Waals surface area contributed by atoms with Gasteiger partial charge in [-0.3, -0.25) is 9.59 Å². The summed E-state index contributed by atoms with van der Waals surface area (Å²) in [6.07, 6.45) is 0.157. The Labute approximate surface area is 163 Å². The van der Waals surface area contributed by atoms with Gasteiger partial charge >= 0.3 is 0 Å². The van der Waals surface area contributed by atoms with Crippen molar-refractivity contribution in [3.05, 3.63) is 50.9 Å². The Bertz CT molecular complexity index is 967. The lowest BCUT2D eigenvalue weighted by Crippen LogP contribution is -2.28. The molecule has 0 bridgehead atoms. The van der Waals surface area contributed by atoms with E-state index in [2.05, 4.69) is 10.3 Å². The average molecular weight is 412 g/mol. The first-order valence-corrected chi connectivity index (χ1v) is 9.26. The molecule has 0 aliphatic rings. The van der Waals surface area contributed by atoms with Gasteiger partial charge < -0.3 is 20.8 Å². The monoisotopic (exact) mass is 411 g/mol. The second-order valence-electron chi connectivity index (χ2n) is 5.51. The topological polar surface area (TPSA) is 97.2 Å². The molecule has 3 rings (SSSR count). The summed E-state index contributed by atoms with van der Waals surface area (Å²) in [7, 11) is 0. The van der Waals surface area contributed by atoms with E-state index in [1.165, 1.54) is 11.3 Å². The van der Waals surface area contributed by atoms with Crippen LogP contribution in [0.25, 0.3) is 10.2 Å². The molecule has 0 atom stereocenters. The van der Waals surface area contributed by atoms with Crippen LogP contribution in [0, 0.1) is 0 Å². The van der Waals surface area contributed by atoms with E-state index >= 15 is 0 Å². The molecule has 26 heavy (non-hydrogen) atoms. The van der Waals surface area contributed by atoms with Crippen molar-refractivity contribution in [3.63, 3.8) is 0 Å². The summed E-state index contributed by atoms with van der Waals surface area (Å²) in [6.45, 7) is 0.605. The number of aromatic amines is 1. The third-order valence-electron chi connectivity index (χ3n) is 3.55. The number of primary amides is 1. The maximum Gasteiger partial charge on any atom is 0.267 e. The van der Waals surface area contributed by atoms with Gasteiger partial charge in [-0.15, -0.1) is 11.3 Å². The molecule has 4 N–H and O–H groups in total. The fourth-order valence-corrected chi connectivity index (χ4v) is 3.90. The lowest BCUT2D eigenvalue weighted by atomic mass is 10.1. The number of H-pyrrole nitrogens is 1. The van der Waals surface area contributed by atoms with Gasteiger partial charge in [0.25, 0.3) is 5.91 Å². The molecule has 0 spiro atoms. The molecule has 9 heteroatoms. The van der Waals surface area contributed by atoms with Gasteiger partial charge in [-0.1, -0.05) is 35.3 Å². The zero-order valence-electron chi connectivity index (χ0n) is 13.5. The third-order valence-corrected chi connectivity index (χ3v) is 5.48. The molecule has 1 aromatic carbocycles. The summed E-state index contributed by atoms with van der Waals surface area (Å²) >= 11 is 13.3. The van der Waals surface area contributed by atoms with Crippen molar-refractivity contribution < 1.29 is 14.3 Å². The Hall–Kier alpha value is -2.22. The van der Waals surface area contributed by atoms with Crippen LogP contribution in [-0.2, 0) is 11.2 Å². The second kappa shape index (κ2) is 7.99. The van der Waals surface area contributed by atoms with Gasteiger partial charge in [0, 0.05) is 0 Å². The number of thiophene rings is 1. The van der Waals surface area contributed by atoms with Crippen LogP contribution in [0.3, 0.4) is 0 Å². The molecule has 2 heterocycles. The zero-order valence-corrected chi connectivity index (χ0v) is 15.8. The van der Waals surface area contributed by atoms with Crippen LogP contribution in [0.15, 0.2) is 30.3 Å². The van der Waals surface area contributed by atoms with Crippen molar-refractivity contribution in [3.8, 4) is 5.75 Å². The zero-order chi connectivity index (χ0) is 18.7. The number of amides is 2. The number of aromatic nitrogens is 1. The molecule has 0 saturated heterocycles. The van der Waals surface area contributed by atoms with E-state index in [0.717, 1.165) is 10.3 Å². The minimum absolute atomic E-state index is 0.157. The van der Waals surface area contributed by atoms with Gasteiger partial charge in [-0.05, 0) is 23.8 Å². The van der Waals surface area contributed by atoms with E-state index in [1.54, 1.807) is 30.3 Å². The normalized spacial score (nSPS) is 10.8. The summed E-state index contributed by atoms with van der Waals surface area (Å²) in [5.74, 6) is -0.0480. The fourth-order valence-electron chi connectivity index (χ4n) is 2.42. The molecule has 0 aliphatic heterocycles. The molecule has 3 aromatic rings. The molecule has 0 aliphatic carbocycles. The third kappa shape index (κ3) is 4.30. The number of hydrogen-bond acceptors (Lipinski definition) is 4. The number of ether oxygens (including phenoxy) is 1. The first kappa shape index (κ1) is 18.6. The number of carbonyl (C=O) groups excluding carboxylic acids is 2. The summed E-state index contributed by atoms with van der Waals surface area (Å²) in [5.41, 5.74) is 7.03. The van der Waals surface area contributed by atoms with Gasteiger partial charge in [-0.25, -0.2) is 0 Å². The Morgan fingerprint density at radius 1 is 1.27 bits per heavy atom. The second-order valence-corrected chi connectivity index (χ2v) is 7.54. The van der Waals surface area contributed by atoms with Crippen LogP contribution >= 0.6 is 34.5 Å².